The standard InChI is InChI=1S/C37H24N2O3/c40-28-23-21-25(22-24-28)33(34-29-17-9-3-11-19-31(29)38(36(34)41)26-13-5-1-6-14-26)35-30-18-10-4-12-20-32(30)39(37(35)42)27-15-7-2-8-16-27/h1-24H. The summed E-state index contributed by atoms with van der Waals surface area (Å²) in [7, 11) is 0. The van der Waals surface area contributed by atoms with Crippen LogP contribution in [0.3, 0.4) is 0 Å². The van der Waals surface area contributed by atoms with Gasteiger partial charge in [0.05, 0.1) is 22.5 Å². The predicted molar refractivity (Wildman–Crippen MR) is 167 cm³/mol. The number of aromatic nitrogens is 2. The number of benzene rings is 2. The molecule has 42 heavy (non-hydrogen) atoms. The van der Waals surface area contributed by atoms with Crippen LogP contribution in [0.2, 0.25) is 0 Å². The summed E-state index contributed by atoms with van der Waals surface area (Å²) < 4.78 is 3.38. The predicted octanol–water partition coefficient (Wildman–Crippen LogP) is 6.70. The minimum absolute atomic E-state index is 0.154. The molecule has 200 valence electrons. The second-order valence-electron chi connectivity index (χ2n) is 10.0. The molecular weight excluding hydrogens is 520 g/mol. The van der Waals surface area contributed by atoms with Gasteiger partial charge in [-0.1, -0.05) is 97.1 Å². The molecule has 0 N–H and O–H groups in total. The minimum Gasteiger partial charge on any atom is -0.290 e. The molecule has 0 aromatic heterocycles. The number of fused-ring (bicyclic) bond motifs is 2. The van der Waals surface area contributed by atoms with Crippen molar-refractivity contribution < 1.29 is 4.79 Å². The van der Waals surface area contributed by atoms with E-state index in [2.05, 4.69) is 0 Å². The summed E-state index contributed by atoms with van der Waals surface area (Å²) in [5.74, 6) is -0.154. The van der Waals surface area contributed by atoms with Crippen LogP contribution in [0, 0.1) is 0 Å². The maximum Gasteiger partial charge on any atom is 0.264 e. The molecule has 0 bridgehead atoms. The number of hydrogen-bond acceptors (Lipinski definition) is 3. The summed E-state index contributed by atoms with van der Waals surface area (Å²) in [6.07, 6.45) is 6.33. The summed E-state index contributed by atoms with van der Waals surface area (Å²) >= 11 is 0. The lowest BCUT2D eigenvalue weighted by atomic mass is 9.88. The fourth-order valence-corrected chi connectivity index (χ4v) is 5.75. The first-order valence-corrected chi connectivity index (χ1v) is 13.7. The van der Waals surface area contributed by atoms with Crippen LogP contribution in [-0.4, -0.2) is 14.9 Å². The summed E-state index contributed by atoms with van der Waals surface area (Å²) in [6.45, 7) is 0. The van der Waals surface area contributed by atoms with E-state index in [1.165, 1.54) is 12.2 Å². The summed E-state index contributed by atoms with van der Waals surface area (Å²) in [6, 6.07) is 38.0. The van der Waals surface area contributed by atoms with Crippen molar-refractivity contribution in [1.82, 2.24) is 9.13 Å². The summed E-state index contributed by atoms with van der Waals surface area (Å²) in [5.41, 5.74) is 5.70. The molecule has 2 aromatic carbocycles. The third kappa shape index (κ3) is 4.07. The monoisotopic (exact) mass is 544 g/mol. The van der Waals surface area contributed by atoms with Crippen LogP contribution in [0.15, 0.2) is 161 Å². The van der Waals surface area contributed by atoms with Crippen LogP contribution in [0.4, 0.5) is 0 Å². The molecule has 0 fully saturated rings. The number of nitrogens with zero attached hydrogens (tertiary/aromatic N) is 2. The van der Waals surface area contributed by atoms with E-state index in [9.17, 15) is 14.4 Å². The van der Waals surface area contributed by atoms with Gasteiger partial charge in [-0.3, -0.25) is 23.5 Å². The Balaban J connectivity index is 1.65. The topological polar surface area (TPSA) is 61.1 Å². The number of carbonyl (C=O) groups is 1. The van der Waals surface area contributed by atoms with E-state index in [1.807, 2.05) is 121 Å². The Labute approximate surface area is 241 Å². The van der Waals surface area contributed by atoms with Gasteiger partial charge in [-0.2, -0.15) is 0 Å². The average molecular weight is 545 g/mol. The summed E-state index contributed by atoms with van der Waals surface area (Å²) in [5, 5.41) is 0. The highest BCUT2D eigenvalue weighted by Gasteiger charge is 2.31. The number of allylic oxidation sites excluding steroid dienone is 5. The number of carbonyl (C=O) groups excluding carboxylic acids is 1. The van der Waals surface area contributed by atoms with Crippen molar-refractivity contribution in [1.29, 1.82) is 0 Å². The van der Waals surface area contributed by atoms with Crippen molar-refractivity contribution in [3.63, 3.8) is 0 Å². The Morgan fingerprint density at radius 2 is 0.810 bits per heavy atom. The highest BCUT2D eigenvalue weighted by molar-refractivity contribution is 6.05. The molecule has 0 amide bonds. The van der Waals surface area contributed by atoms with Crippen LogP contribution in [0.1, 0.15) is 11.1 Å². The van der Waals surface area contributed by atoms with E-state index < -0.39 is 0 Å². The highest BCUT2D eigenvalue weighted by atomic mass is 16.1. The van der Waals surface area contributed by atoms with Crippen molar-refractivity contribution >= 4 is 11.4 Å². The molecule has 2 aliphatic heterocycles. The van der Waals surface area contributed by atoms with Crippen LogP contribution in [-0.2, 0) is 4.79 Å². The summed E-state index contributed by atoms with van der Waals surface area (Å²) in [4.78, 5) is 41.4. The van der Waals surface area contributed by atoms with E-state index in [0.29, 0.717) is 44.8 Å². The smallest absolute Gasteiger partial charge is 0.264 e. The molecule has 2 heterocycles. The average Bonchev–Trinajstić information content (AvgIpc) is 3.20. The molecule has 7 rings (SSSR count). The first-order chi connectivity index (χ1) is 20.6. The molecule has 5 aliphatic rings. The van der Waals surface area contributed by atoms with Gasteiger partial charge in [-0.25, -0.2) is 0 Å². The lowest BCUT2D eigenvalue weighted by molar-refractivity contribution is -0.110. The Kier molecular flexibility index (Phi) is 6.18. The molecular formula is C37H24N2O3. The van der Waals surface area contributed by atoms with E-state index in [0.717, 1.165) is 11.4 Å². The van der Waals surface area contributed by atoms with Gasteiger partial charge in [0.2, 0.25) is 0 Å². The zero-order chi connectivity index (χ0) is 28.6. The molecule has 0 unspecified atom stereocenters. The molecule has 2 aromatic rings. The molecule has 3 aliphatic carbocycles. The Morgan fingerprint density at radius 3 is 1.24 bits per heavy atom. The van der Waals surface area contributed by atoms with E-state index in [4.69, 9.17) is 0 Å². The van der Waals surface area contributed by atoms with Gasteiger partial charge in [0.1, 0.15) is 0 Å². The largest absolute Gasteiger partial charge is 0.290 e. The maximum absolute atomic E-state index is 14.6. The third-order valence-electron chi connectivity index (χ3n) is 7.56. The second kappa shape index (κ2) is 10.3. The molecule has 5 nitrogen and oxygen atoms in total. The quantitative estimate of drug-likeness (QED) is 0.248. The Morgan fingerprint density at radius 1 is 0.429 bits per heavy atom. The van der Waals surface area contributed by atoms with E-state index in [-0.39, 0.29) is 16.9 Å². The zero-order valence-corrected chi connectivity index (χ0v) is 22.5. The lowest BCUT2D eigenvalue weighted by Crippen LogP contribution is -2.20. The number of ketones is 1. The molecule has 0 spiro atoms. The molecule has 0 radical (unpaired) electrons. The van der Waals surface area contributed by atoms with E-state index >= 15 is 0 Å². The van der Waals surface area contributed by atoms with Gasteiger partial charge in [0.15, 0.2) is 5.78 Å². The van der Waals surface area contributed by atoms with Gasteiger partial charge in [0.25, 0.3) is 11.1 Å². The van der Waals surface area contributed by atoms with E-state index in [1.54, 1.807) is 21.3 Å². The molecule has 0 atom stereocenters. The first-order valence-electron chi connectivity index (χ1n) is 13.7. The fourth-order valence-electron chi connectivity index (χ4n) is 5.75. The highest BCUT2D eigenvalue weighted by Crippen LogP contribution is 2.40. The Bertz CT molecular complexity index is 1980. The van der Waals surface area contributed by atoms with Crippen molar-refractivity contribution in [2.75, 3.05) is 0 Å². The van der Waals surface area contributed by atoms with Gasteiger partial charge in [0, 0.05) is 28.1 Å². The number of rotatable bonds is 4. The number of hydrogen-bond donors (Lipinski definition) is 0. The SMILES string of the molecule is O=C1C=CC(=C(c2c3cccccc-3n(-c3ccccc3)c2=O)c2c3cccccc-3n(-c3ccccc3)c2=O)C=C1. The first kappa shape index (κ1) is 25.2. The second-order valence-corrected chi connectivity index (χ2v) is 10.0. The molecule has 0 saturated heterocycles. The normalized spacial score (nSPS) is 12.8. The Hall–Kier alpha value is -5.81. The molecule has 5 heteroatoms. The van der Waals surface area contributed by atoms with Crippen LogP contribution in [0.5, 0.6) is 0 Å². The minimum atomic E-state index is -0.246. The van der Waals surface area contributed by atoms with Crippen LogP contribution in [0.25, 0.3) is 39.5 Å². The van der Waals surface area contributed by atoms with Gasteiger partial charge in [-0.15, -0.1) is 0 Å². The van der Waals surface area contributed by atoms with Crippen LogP contribution >= 0.6 is 0 Å². The number of para-hydroxylation sites is 2. The van der Waals surface area contributed by atoms with Crippen LogP contribution < -0.4 is 11.1 Å². The third-order valence-corrected chi connectivity index (χ3v) is 7.56. The van der Waals surface area contributed by atoms with Gasteiger partial charge in [-0.05, 0) is 54.1 Å². The lowest BCUT2D eigenvalue weighted by Gasteiger charge is -2.11. The van der Waals surface area contributed by atoms with Gasteiger partial charge >= 0.3 is 0 Å². The van der Waals surface area contributed by atoms with Crippen molar-refractivity contribution in [3.05, 3.63) is 183 Å². The van der Waals surface area contributed by atoms with Crippen molar-refractivity contribution in [2.24, 2.45) is 0 Å². The van der Waals surface area contributed by atoms with Gasteiger partial charge < -0.3 is 0 Å². The van der Waals surface area contributed by atoms with Crippen molar-refractivity contribution in [3.8, 4) is 33.9 Å². The zero-order valence-electron chi connectivity index (χ0n) is 22.5. The molecule has 0 saturated carbocycles. The maximum atomic E-state index is 14.6. The van der Waals surface area contributed by atoms with Crippen molar-refractivity contribution in [2.45, 2.75) is 0 Å². The fraction of sp³-hybridized carbons (Fsp3) is 0.